The molecule has 2 N–H and O–H groups in total. The molecule has 0 aliphatic heterocycles. The summed E-state index contributed by atoms with van der Waals surface area (Å²) < 4.78 is 5.13. The summed E-state index contributed by atoms with van der Waals surface area (Å²) in [6, 6.07) is 11.3. The van der Waals surface area contributed by atoms with Crippen molar-refractivity contribution in [2.24, 2.45) is 0 Å². The van der Waals surface area contributed by atoms with Gasteiger partial charge in [0.15, 0.2) is 0 Å². The van der Waals surface area contributed by atoms with E-state index in [2.05, 4.69) is 21.7 Å². The lowest BCUT2D eigenvalue weighted by molar-refractivity contribution is 0.0946. The number of allylic oxidation sites excluding steroid dienone is 1. The molecule has 1 aromatic heterocycles. The number of hydrogen-bond acceptors (Lipinski definition) is 4. The van der Waals surface area contributed by atoms with Crippen molar-refractivity contribution in [3.8, 4) is 5.75 Å². The summed E-state index contributed by atoms with van der Waals surface area (Å²) in [5.74, 6) is 0.624. The lowest BCUT2D eigenvalue weighted by atomic mass is 9.97. The second-order valence-electron chi connectivity index (χ2n) is 6.75. The van der Waals surface area contributed by atoms with E-state index in [0.717, 1.165) is 30.0 Å². The molecule has 0 fully saturated rings. The van der Waals surface area contributed by atoms with Crippen molar-refractivity contribution >= 4 is 11.6 Å². The molecule has 0 spiro atoms. The van der Waals surface area contributed by atoms with Gasteiger partial charge in [0.1, 0.15) is 11.4 Å². The van der Waals surface area contributed by atoms with E-state index in [9.17, 15) is 4.79 Å². The number of carbonyl (C=O) groups excluding carboxylic acids is 1. The number of methoxy groups -OCH3 is 1. The Kier molecular flexibility index (Phi) is 6.85. The predicted molar refractivity (Wildman–Crippen MR) is 108 cm³/mol. The third-order valence-corrected chi connectivity index (χ3v) is 4.77. The van der Waals surface area contributed by atoms with Gasteiger partial charge in [0.05, 0.1) is 19.0 Å². The summed E-state index contributed by atoms with van der Waals surface area (Å²) in [6.45, 7) is 1.36. The summed E-state index contributed by atoms with van der Waals surface area (Å²) in [6.07, 6.45) is 10.3. The molecular formula is C22H27N3O2. The van der Waals surface area contributed by atoms with Crippen LogP contribution in [0.2, 0.25) is 0 Å². The maximum Gasteiger partial charge on any atom is 0.270 e. The third kappa shape index (κ3) is 5.84. The summed E-state index contributed by atoms with van der Waals surface area (Å²) >= 11 is 0. The molecule has 0 bridgehead atoms. The second-order valence-corrected chi connectivity index (χ2v) is 6.75. The first-order valence-corrected chi connectivity index (χ1v) is 9.53. The Morgan fingerprint density at radius 3 is 2.67 bits per heavy atom. The van der Waals surface area contributed by atoms with Gasteiger partial charge in [-0.1, -0.05) is 23.8 Å². The van der Waals surface area contributed by atoms with Crippen LogP contribution in [0.25, 0.3) is 0 Å². The first-order chi connectivity index (χ1) is 13.2. The number of hydrogen-bond donors (Lipinski definition) is 2. The number of nitrogens with zero attached hydrogens (tertiary/aromatic N) is 1. The van der Waals surface area contributed by atoms with E-state index in [1.165, 1.54) is 25.7 Å². The zero-order valence-corrected chi connectivity index (χ0v) is 15.8. The number of ether oxygens (including phenoxy) is 1. The standard InChI is InChI=1S/C22H27N3O2/c1-27-20-10-7-18(8-11-20)15-25-22(26)21-12-9-19(16-24-21)23-14-13-17-5-3-2-4-6-17/h5,7-12,16,23H,2-4,6,13-15H2,1H3,(H,25,26). The number of nitrogens with one attached hydrogen (secondary N) is 2. The van der Waals surface area contributed by atoms with Crippen LogP contribution in [0.15, 0.2) is 54.2 Å². The maximum atomic E-state index is 12.2. The molecule has 0 atom stereocenters. The van der Waals surface area contributed by atoms with Crippen molar-refractivity contribution in [1.29, 1.82) is 0 Å². The molecule has 1 aliphatic carbocycles. The van der Waals surface area contributed by atoms with Crippen LogP contribution in [0, 0.1) is 0 Å². The van der Waals surface area contributed by atoms with E-state index in [1.807, 2.05) is 30.3 Å². The average molecular weight is 365 g/mol. The molecule has 3 rings (SSSR count). The van der Waals surface area contributed by atoms with Gasteiger partial charge in [-0.15, -0.1) is 0 Å². The summed E-state index contributed by atoms with van der Waals surface area (Å²) in [7, 11) is 1.63. The highest BCUT2D eigenvalue weighted by Gasteiger charge is 2.07. The Hall–Kier alpha value is -2.82. The molecule has 1 aromatic carbocycles. The fraction of sp³-hybridized carbons (Fsp3) is 0.364. The van der Waals surface area contributed by atoms with E-state index in [4.69, 9.17) is 4.74 Å². The van der Waals surface area contributed by atoms with Crippen molar-refractivity contribution in [3.63, 3.8) is 0 Å². The quantitative estimate of drug-likeness (QED) is 0.684. The molecule has 142 valence electrons. The minimum Gasteiger partial charge on any atom is -0.497 e. The summed E-state index contributed by atoms with van der Waals surface area (Å²) in [5.41, 5.74) is 3.93. The lowest BCUT2D eigenvalue weighted by Crippen LogP contribution is -2.23. The largest absolute Gasteiger partial charge is 0.497 e. The SMILES string of the molecule is COc1ccc(CNC(=O)c2ccc(NCCC3=CCCCC3)cn2)cc1. The number of aromatic nitrogens is 1. The van der Waals surface area contributed by atoms with Gasteiger partial charge < -0.3 is 15.4 Å². The smallest absolute Gasteiger partial charge is 0.270 e. The van der Waals surface area contributed by atoms with Crippen LogP contribution < -0.4 is 15.4 Å². The zero-order chi connectivity index (χ0) is 18.9. The molecule has 0 radical (unpaired) electrons. The van der Waals surface area contributed by atoms with Crippen molar-refractivity contribution in [3.05, 3.63) is 65.5 Å². The third-order valence-electron chi connectivity index (χ3n) is 4.77. The van der Waals surface area contributed by atoms with Crippen molar-refractivity contribution in [2.45, 2.75) is 38.6 Å². The van der Waals surface area contributed by atoms with Crippen LogP contribution in [0.1, 0.15) is 48.2 Å². The van der Waals surface area contributed by atoms with Gasteiger partial charge in [-0.25, -0.2) is 4.98 Å². The van der Waals surface area contributed by atoms with Gasteiger partial charge in [0.25, 0.3) is 5.91 Å². The van der Waals surface area contributed by atoms with Gasteiger partial charge >= 0.3 is 0 Å². The van der Waals surface area contributed by atoms with Crippen molar-refractivity contribution in [2.75, 3.05) is 19.0 Å². The topological polar surface area (TPSA) is 63.2 Å². The Morgan fingerprint density at radius 1 is 1.15 bits per heavy atom. The molecule has 5 nitrogen and oxygen atoms in total. The van der Waals surface area contributed by atoms with Gasteiger partial charge in [-0.3, -0.25) is 4.79 Å². The number of anilines is 1. The first-order valence-electron chi connectivity index (χ1n) is 9.53. The van der Waals surface area contributed by atoms with E-state index in [-0.39, 0.29) is 5.91 Å². The molecule has 0 saturated heterocycles. The zero-order valence-electron chi connectivity index (χ0n) is 15.8. The number of benzene rings is 1. The Labute approximate surface area is 160 Å². The Balaban J connectivity index is 1.44. The highest BCUT2D eigenvalue weighted by atomic mass is 16.5. The molecule has 1 amide bonds. The summed E-state index contributed by atoms with van der Waals surface area (Å²) in [4.78, 5) is 16.5. The molecule has 0 unspecified atom stereocenters. The number of pyridine rings is 1. The molecule has 5 heteroatoms. The van der Waals surface area contributed by atoms with Gasteiger partial charge in [-0.05, 0) is 61.9 Å². The number of amides is 1. The predicted octanol–water partition coefficient (Wildman–Crippen LogP) is 4.32. The maximum absolute atomic E-state index is 12.2. The lowest BCUT2D eigenvalue weighted by Gasteiger charge is -2.13. The van der Waals surface area contributed by atoms with E-state index >= 15 is 0 Å². The van der Waals surface area contributed by atoms with Gasteiger partial charge in [-0.2, -0.15) is 0 Å². The van der Waals surface area contributed by atoms with E-state index in [1.54, 1.807) is 24.9 Å². The molecule has 2 aromatic rings. The van der Waals surface area contributed by atoms with E-state index < -0.39 is 0 Å². The van der Waals surface area contributed by atoms with Crippen LogP contribution >= 0.6 is 0 Å². The van der Waals surface area contributed by atoms with Crippen molar-refractivity contribution < 1.29 is 9.53 Å². The van der Waals surface area contributed by atoms with Crippen LogP contribution in [0.5, 0.6) is 5.75 Å². The minimum absolute atomic E-state index is 0.176. The molecular weight excluding hydrogens is 338 g/mol. The van der Waals surface area contributed by atoms with Crippen LogP contribution in [-0.2, 0) is 6.54 Å². The first kappa shape index (κ1) is 19.0. The summed E-state index contributed by atoms with van der Waals surface area (Å²) in [5, 5.41) is 6.27. The van der Waals surface area contributed by atoms with Crippen LogP contribution in [0.3, 0.4) is 0 Å². The fourth-order valence-electron chi connectivity index (χ4n) is 3.15. The molecule has 0 saturated carbocycles. The van der Waals surface area contributed by atoms with Crippen LogP contribution in [-0.4, -0.2) is 24.5 Å². The molecule has 27 heavy (non-hydrogen) atoms. The highest BCUT2D eigenvalue weighted by molar-refractivity contribution is 5.92. The van der Waals surface area contributed by atoms with Gasteiger partial charge in [0.2, 0.25) is 0 Å². The minimum atomic E-state index is -0.176. The average Bonchev–Trinajstić information content (AvgIpc) is 2.73. The van der Waals surface area contributed by atoms with E-state index in [0.29, 0.717) is 12.2 Å². The molecule has 1 aliphatic rings. The molecule has 1 heterocycles. The number of carbonyl (C=O) groups is 1. The van der Waals surface area contributed by atoms with Crippen molar-refractivity contribution in [1.82, 2.24) is 10.3 Å². The van der Waals surface area contributed by atoms with Crippen LogP contribution in [0.4, 0.5) is 5.69 Å². The van der Waals surface area contributed by atoms with Gasteiger partial charge in [0, 0.05) is 13.1 Å². The monoisotopic (exact) mass is 365 g/mol. The highest BCUT2D eigenvalue weighted by Crippen LogP contribution is 2.20. The Morgan fingerprint density at radius 2 is 2.00 bits per heavy atom. The number of rotatable bonds is 8. The fourth-order valence-corrected chi connectivity index (χ4v) is 3.15. The Bertz CT molecular complexity index is 767. The second kappa shape index (κ2) is 9.76. The normalized spacial score (nSPS) is 13.6.